The molecule has 0 bridgehead atoms. The predicted molar refractivity (Wildman–Crippen MR) is 74.1 cm³/mol. The molecular weight excluding hydrogens is 240 g/mol. The standard InChI is InChI=1S/C16H20O3/c17-10-2-1-3-14-4-6-16(7-5-14)19-13-15-8-11-18-12-9-15/h4-7,15,17H,2,8-13H2. The van der Waals surface area contributed by atoms with Crippen LogP contribution in [0.2, 0.25) is 0 Å². The zero-order valence-corrected chi connectivity index (χ0v) is 11.1. The van der Waals surface area contributed by atoms with Gasteiger partial charge in [0.25, 0.3) is 0 Å². The van der Waals surface area contributed by atoms with Crippen LogP contribution in [0.3, 0.4) is 0 Å². The molecule has 1 fully saturated rings. The molecule has 3 heteroatoms. The average molecular weight is 260 g/mol. The van der Waals surface area contributed by atoms with Gasteiger partial charge in [0.15, 0.2) is 0 Å². The van der Waals surface area contributed by atoms with Gasteiger partial charge in [0.2, 0.25) is 0 Å². The molecule has 1 N–H and O–H groups in total. The molecule has 1 aliphatic rings. The molecule has 3 nitrogen and oxygen atoms in total. The molecule has 0 spiro atoms. The van der Waals surface area contributed by atoms with E-state index in [2.05, 4.69) is 11.8 Å². The van der Waals surface area contributed by atoms with Gasteiger partial charge in [-0.1, -0.05) is 11.8 Å². The molecule has 0 unspecified atom stereocenters. The molecule has 0 amide bonds. The highest BCUT2D eigenvalue weighted by Crippen LogP contribution is 2.18. The minimum atomic E-state index is 0.110. The lowest BCUT2D eigenvalue weighted by molar-refractivity contribution is 0.0497. The number of benzene rings is 1. The van der Waals surface area contributed by atoms with Crippen molar-refractivity contribution in [3.05, 3.63) is 29.8 Å². The van der Waals surface area contributed by atoms with Crippen molar-refractivity contribution >= 4 is 0 Å². The summed E-state index contributed by atoms with van der Waals surface area (Å²) in [6.07, 6.45) is 2.69. The van der Waals surface area contributed by atoms with Gasteiger partial charge in [-0.2, -0.15) is 0 Å². The van der Waals surface area contributed by atoms with E-state index in [1.165, 1.54) is 0 Å². The van der Waals surface area contributed by atoms with Gasteiger partial charge in [-0.3, -0.25) is 0 Å². The summed E-state index contributed by atoms with van der Waals surface area (Å²) in [5.74, 6) is 7.39. The maximum atomic E-state index is 8.65. The minimum Gasteiger partial charge on any atom is -0.493 e. The van der Waals surface area contributed by atoms with E-state index in [1.807, 2.05) is 24.3 Å². The molecule has 0 saturated carbocycles. The average Bonchev–Trinajstić information content (AvgIpc) is 2.48. The summed E-state index contributed by atoms with van der Waals surface area (Å²) >= 11 is 0. The first kappa shape index (κ1) is 13.9. The number of aliphatic hydroxyl groups is 1. The van der Waals surface area contributed by atoms with Crippen LogP contribution in [0.1, 0.15) is 24.8 Å². The third kappa shape index (κ3) is 4.94. The van der Waals surface area contributed by atoms with Gasteiger partial charge in [0.1, 0.15) is 5.75 Å². The van der Waals surface area contributed by atoms with Crippen LogP contribution in [-0.4, -0.2) is 31.5 Å². The van der Waals surface area contributed by atoms with Crippen LogP contribution < -0.4 is 4.74 Å². The van der Waals surface area contributed by atoms with Crippen molar-refractivity contribution in [2.45, 2.75) is 19.3 Å². The molecule has 19 heavy (non-hydrogen) atoms. The van der Waals surface area contributed by atoms with Gasteiger partial charge in [0.05, 0.1) is 13.2 Å². The molecule has 0 radical (unpaired) electrons. The van der Waals surface area contributed by atoms with E-state index < -0.39 is 0 Å². The van der Waals surface area contributed by atoms with Crippen molar-refractivity contribution in [1.82, 2.24) is 0 Å². The second-order valence-electron chi connectivity index (χ2n) is 4.67. The summed E-state index contributed by atoms with van der Waals surface area (Å²) in [4.78, 5) is 0. The minimum absolute atomic E-state index is 0.110. The summed E-state index contributed by atoms with van der Waals surface area (Å²) in [7, 11) is 0. The Hall–Kier alpha value is -1.50. The second kappa shape index (κ2) is 7.83. The smallest absolute Gasteiger partial charge is 0.119 e. The van der Waals surface area contributed by atoms with E-state index in [1.54, 1.807) is 0 Å². The summed E-state index contributed by atoms with van der Waals surface area (Å²) in [6.45, 7) is 2.58. The Bertz CT molecular complexity index is 422. The Balaban J connectivity index is 1.80. The van der Waals surface area contributed by atoms with Crippen LogP contribution in [0.4, 0.5) is 0 Å². The first-order valence-electron chi connectivity index (χ1n) is 6.79. The van der Waals surface area contributed by atoms with Crippen LogP contribution in [0, 0.1) is 17.8 Å². The molecule has 0 atom stereocenters. The largest absolute Gasteiger partial charge is 0.493 e. The Morgan fingerprint density at radius 3 is 2.63 bits per heavy atom. The number of hydrogen-bond acceptors (Lipinski definition) is 3. The zero-order chi connectivity index (χ0) is 13.3. The lowest BCUT2D eigenvalue weighted by atomic mass is 10.0. The third-order valence-corrected chi connectivity index (χ3v) is 3.15. The molecule has 2 rings (SSSR count). The summed E-state index contributed by atoms with van der Waals surface area (Å²) < 4.78 is 11.1. The van der Waals surface area contributed by atoms with Crippen LogP contribution >= 0.6 is 0 Å². The van der Waals surface area contributed by atoms with E-state index in [9.17, 15) is 0 Å². The van der Waals surface area contributed by atoms with Gasteiger partial charge in [0, 0.05) is 25.2 Å². The lowest BCUT2D eigenvalue weighted by Gasteiger charge is -2.22. The van der Waals surface area contributed by atoms with Gasteiger partial charge in [-0.25, -0.2) is 0 Å². The van der Waals surface area contributed by atoms with E-state index in [0.717, 1.165) is 44.0 Å². The highest BCUT2D eigenvalue weighted by Gasteiger charge is 2.14. The zero-order valence-electron chi connectivity index (χ0n) is 11.1. The van der Waals surface area contributed by atoms with Gasteiger partial charge >= 0.3 is 0 Å². The van der Waals surface area contributed by atoms with Gasteiger partial charge in [-0.15, -0.1) is 0 Å². The van der Waals surface area contributed by atoms with Gasteiger partial charge in [-0.05, 0) is 43.0 Å². The quantitative estimate of drug-likeness (QED) is 0.844. The molecule has 1 aromatic rings. The SMILES string of the molecule is OCCC#Cc1ccc(OCC2CCOCC2)cc1. The third-order valence-electron chi connectivity index (χ3n) is 3.15. The fraction of sp³-hybridized carbons (Fsp3) is 0.500. The van der Waals surface area contributed by atoms with Crippen molar-refractivity contribution in [2.24, 2.45) is 5.92 Å². The number of aliphatic hydroxyl groups excluding tert-OH is 1. The molecule has 1 aromatic carbocycles. The van der Waals surface area contributed by atoms with Crippen LogP contribution in [0.25, 0.3) is 0 Å². The van der Waals surface area contributed by atoms with Crippen molar-refractivity contribution in [1.29, 1.82) is 0 Å². The molecule has 102 valence electrons. The maximum Gasteiger partial charge on any atom is 0.119 e. The number of ether oxygens (including phenoxy) is 2. The van der Waals surface area contributed by atoms with Crippen molar-refractivity contribution in [3.8, 4) is 17.6 Å². The van der Waals surface area contributed by atoms with E-state index in [0.29, 0.717) is 12.3 Å². The van der Waals surface area contributed by atoms with Crippen LogP contribution in [0.5, 0.6) is 5.75 Å². The Labute approximate surface area is 114 Å². The monoisotopic (exact) mass is 260 g/mol. The molecule has 0 aromatic heterocycles. The molecule has 1 heterocycles. The second-order valence-corrected chi connectivity index (χ2v) is 4.67. The molecule has 0 aliphatic carbocycles. The Kier molecular flexibility index (Phi) is 5.74. The topological polar surface area (TPSA) is 38.7 Å². The van der Waals surface area contributed by atoms with Gasteiger partial charge < -0.3 is 14.6 Å². The first-order chi connectivity index (χ1) is 9.38. The summed E-state index contributed by atoms with van der Waals surface area (Å²) in [5, 5.41) is 8.65. The van der Waals surface area contributed by atoms with Crippen molar-refractivity contribution in [2.75, 3.05) is 26.4 Å². The molecule has 1 saturated heterocycles. The predicted octanol–water partition coefficient (Wildman–Crippen LogP) is 2.23. The lowest BCUT2D eigenvalue weighted by Crippen LogP contribution is -2.21. The van der Waals surface area contributed by atoms with E-state index in [-0.39, 0.29) is 6.61 Å². The highest BCUT2D eigenvalue weighted by atomic mass is 16.5. The Morgan fingerprint density at radius 1 is 1.21 bits per heavy atom. The van der Waals surface area contributed by atoms with Crippen LogP contribution in [-0.2, 0) is 4.74 Å². The summed E-state index contributed by atoms with van der Waals surface area (Å²) in [5.41, 5.74) is 0.951. The maximum absolute atomic E-state index is 8.65. The summed E-state index contributed by atoms with van der Waals surface area (Å²) in [6, 6.07) is 7.79. The molecule has 1 aliphatic heterocycles. The highest BCUT2D eigenvalue weighted by molar-refractivity contribution is 5.38. The first-order valence-corrected chi connectivity index (χ1v) is 6.79. The Morgan fingerprint density at radius 2 is 1.95 bits per heavy atom. The molecular formula is C16H20O3. The van der Waals surface area contributed by atoms with E-state index >= 15 is 0 Å². The number of rotatable bonds is 4. The normalized spacial score (nSPS) is 15.6. The fourth-order valence-corrected chi connectivity index (χ4v) is 1.98. The van der Waals surface area contributed by atoms with Crippen molar-refractivity contribution < 1.29 is 14.6 Å². The van der Waals surface area contributed by atoms with E-state index in [4.69, 9.17) is 14.6 Å². The van der Waals surface area contributed by atoms with Crippen LogP contribution in [0.15, 0.2) is 24.3 Å². The fourth-order valence-electron chi connectivity index (χ4n) is 1.98. The number of hydrogen-bond donors (Lipinski definition) is 1. The van der Waals surface area contributed by atoms with Crippen molar-refractivity contribution in [3.63, 3.8) is 0 Å².